The van der Waals surface area contributed by atoms with E-state index < -0.39 is 11.6 Å². The highest BCUT2D eigenvalue weighted by Crippen LogP contribution is 2.14. The van der Waals surface area contributed by atoms with Crippen molar-refractivity contribution in [2.24, 2.45) is 0 Å². The second-order valence-electron chi connectivity index (χ2n) is 4.42. The third kappa shape index (κ3) is 4.19. The van der Waals surface area contributed by atoms with Crippen LogP contribution in [-0.4, -0.2) is 45.3 Å². The van der Waals surface area contributed by atoms with Crippen LogP contribution in [0.4, 0.5) is 5.82 Å². The molecule has 18 heavy (non-hydrogen) atoms. The molecule has 1 heterocycles. The molecule has 0 aliphatic rings. The third-order valence-corrected chi connectivity index (χ3v) is 3.33. The van der Waals surface area contributed by atoms with Crippen LogP contribution in [0.15, 0.2) is 12.1 Å². The number of nitrogens with one attached hydrogen (secondary N) is 1. The van der Waals surface area contributed by atoms with E-state index >= 15 is 0 Å². The normalized spacial score (nSPS) is 14.0. The number of aryl methyl sites for hydroxylation is 1. The molecule has 1 atom stereocenters. The number of hydrogen-bond donors (Lipinski definition) is 3. The van der Waals surface area contributed by atoms with E-state index in [4.69, 9.17) is 5.11 Å². The summed E-state index contributed by atoms with van der Waals surface area (Å²) in [6, 6.07) is 3.11. The van der Waals surface area contributed by atoms with E-state index in [2.05, 4.69) is 10.3 Å². The SMILES string of the molecule is CSCC(C)(O)CNc1ccc(C(=O)O)c(C)n1. The van der Waals surface area contributed by atoms with Crippen molar-refractivity contribution in [3.63, 3.8) is 0 Å². The fourth-order valence-corrected chi connectivity index (χ4v) is 2.25. The molecule has 0 amide bonds. The minimum absolute atomic E-state index is 0.191. The molecule has 1 rings (SSSR count). The number of carboxylic acid groups (broad SMARTS) is 1. The summed E-state index contributed by atoms with van der Waals surface area (Å²) in [4.78, 5) is 15.0. The van der Waals surface area contributed by atoms with Gasteiger partial charge in [0.2, 0.25) is 0 Å². The molecule has 0 bridgehead atoms. The van der Waals surface area contributed by atoms with Gasteiger partial charge >= 0.3 is 5.97 Å². The van der Waals surface area contributed by atoms with Crippen LogP contribution >= 0.6 is 11.8 Å². The average molecular weight is 270 g/mol. The van der Waals surface area contributed by atoms with Gasteiger partial charge in [-0.05, 0) is 32.2 Å². The van der Waals surface area contributed by atoms with Gasteiger partial charge in [-0.15, -0.1) is 0 Å². The van der Waals surface area contributed by atoms with Gasteiger partial charge in [0.15, 0.2) is 0 Å². The lowest BCUT2D eigenvalue weighted by molar-refractivity contribution is 0.0695. The largest absolute Gasteiger partial charge is 0.478 e. The average Bonchev–Trinajstić information content (AvgIpc) is 2.26. The first-order valence-corrected chi connectivity index (χ1v) is 6.91. The Hall–Kier alpha value is -1.27. The quantitative estimate of drug-likeness (QED) is 0.728. The molecule has 6 heteroatoms. The molecule has 1 aromatic rings. The lowest BCUT2D eigenvalue weighted by atomic mass is 10.1. The minimum atomic E-state index is -0.985. The lowest BCUT2D eigenvalue weighted by Gasteiger charge is -2.22. The Bertz CT molecular complexity index is 435. The Morgan fingerprint density at radius 2 is 2.22 bits per heavy atom. The first-order chi connectivity index (χ1) is 8.35. The maximum atomic E-state index is 10.8. The molecule has 0 saturated heterocycles. The summed E-state index contributed by atoms with van der Waals surface area (Å²) in [5, 5.41) is 21.9. The van der Waals surface area contributed by atoms with Crippen molar-refractivity contribution in [2.45, 2.75) is 19.4 Å². The Balaban J connectivity index is 2.70. The van der Waals surface area contributed by atoms with Crippen molar-refractivity contribution in [2.75, 3.05) is 23.9 Å². The number of hydrogen-bond acceptors (Lipinski definition) is 5. The monoisotopic (exact) mass is 270 g/mol. The number of nitrogens with zero attached hydrogens (tertiary/aromatic N) is 1. The lowest BCUT2D eigenvalue weighted by Crippen LogP contribution is -2.36. The number of aromatic carboxylic acids is 1. The second kappa shape index (κ2) is 6.06. The molecule has 0 aliphatic carbocycles. The molecular weight excluding hydrogens is 252 g/mol. The van der Waals surface area contributed by atoms with Gasteiger partial charge in [0.25, 0.3) is 0 Å². The number of rotatable bonds is 6. The zero-order valence-electron chi connectivity index (χ0n) is 10.7. The first-order valence-electron chi connectivity index (χ1n) is 5.52. The highest BCUT2D eigenvalue weighted by molar-refractivity contribution is 7.98. The van der Waals surface area contributed by atoms with Crippen molar-refractivity contribution < 1.29 is 15.0 Å². The molecular formula is C12H18N2O3S. The van der Waals surface area contributed by atoms with Crippen molar-refractivity contribution >= 4 is 23.5 Å². The summed E-state index contributed by atoms with van der Waals surface area (Å²) >= 11 is 1.57. The minimum Gasteiger partial charge on any atom is -0.478 e. The molecule has 0 spiro atoms. The Labute approximate surface area is 111 Å². The molecule has 1 unspecified atom stereocenters. The number of carbonyl (C=O) groups is 1. The van der Waals surface area contributed by atoms with Crippen LogP contribution in [0, 0.1) is 6.92 Å². The summed E-state index contributed by atoms with van der Waals surface area (Å²) < 4.78 is 0. The van der Waals surface area contributed by atoms with E-state index in [-0.39, 0.29) is 5.56 Å². The smallest absolute Gasteiger partial charge is 0.337 e. The van der Waals surface area contributed by atoms with Gasteiger partial charge < -0.3 is 15.5 Å². The molecule has 3 N–H and O–H groups in total. The standard InChI is InChI=1S/C12H18N2O3S/c1-8-9(11(15)16)4-5-10(14-8)13-6-12(2,17)7-18-3/h4-5,17H,6-7H2,1-3H3,(H,13,14)(H,15,16). The number of carboxylic acids is 1. The Kier molecular flexibility index (Phi) is 4.98. The number of pyridine rings is 1. The maximum Gasteiger partial charge on any atom is 0.337 e. The van der Waals surface area contributed by atoms with E-state index in [1.807, 2.05) is 6.26 Å². The number of anilines is 1. The van der Waals surface area contributed by atoms with E-state index in [1.54, 1.807) is 31.7 Å². The van der Waals surface area contributed by atoms with Crippen molar-refractivity contribution in [3.05, 3.63) is 23.4 Å². The highest BCUT2D eigenvalue weighted by Gasteiger charge is 2.19. The van der Waals surface area contributed by atoms with Gasteiger partial charge in [-0.2, -0.15) is 11.8 Å². The number of aliphatic hydroxyl groups is 1. The van der Waals surface area contributed by atoms with Crippen LogP contribution in [0.3, 0.4) is 0 Å². The van der Waals surface area contributed by atoms with Gasteiger partial charge in [-0.1, -0.05) is 0 Å². The summed E-state index contributed by atoms with van der Waals surface area (Å²) in [5.74, 6) is 0.200. The second-order valence-corrected chi connectivity index (χ2v) is 5.28. The van der Waals surface area contributed by atoms with Crippen LogP contribution in [0.2, 0.25) is 0 Å². The van der Waals surface area contributed by atoms with Crippen LogP contribution in [0.1, 0.15) is 23.0 Å². The van der Waals surface area contributed by atoms with Crippen LogP contribution < -0.4 is 5.32 Å². The van der Waals surface area contributed by atoms with Crippen molar-refractivity contribution in [3.8, 4) is 0 Å². The van der Waals surface area contributed by atoms with E-state index in [0.29, 0.717) is 23.8 Å². The zero-order valence-corrected chi connectivity index (χ0v) is 11.5. The maximum absolute atomic E-state index is 10.8. The van der Waals surface area contributed by atoms with Gasteiger partial charge in [0.1, 0.15) is 5.82 Å². The molecule has 0 saturated carbocycles. The van der Waals surface area contributed by atoms with E-state index in [9.17, 15) is 9.90 Å². The van der Waals surface area contributed by atoms with Gasteiger partial charge in [-0.25, -0.2) is 9.78 Å². The van der Waals surface area contributed by atoms with Crippen molar-refractivity contribution in [1.82, 2.24) is 4.98 Å². The van der Waals surface area contributed by atoms with Gasteiger partial charge in [-0.3, -0.25) is 0 Å². The third-order valence-electron chi connectivity index (χ3n) is 2.42. The molecule has 0 aliphatic heterocycles. The highest BCUT2D eigenvalue weighted by atomic mass is 32.2. The van der Waals surface area contributed by atoms with Crippen LogP contribution in [-0.2, 0) is 0 Å². The van der Waals surface area contributed by atoms with Crippen molar-refractivity contribution in [1.29, 1.82) is 0 Å². The van der Waals surface area contributed by atoms with Crippen LogP contribution in [0.5, 0.6) is 0 Å². The van der Waals surface area contributed by atoms with Crippen LogP contribution in [0.25, 0.3) is 0 Å². The fourth-order valence-electron chi connectivity index (χ4n) is 1.53. The Morgan fingerprint density at radius 3 is 2.72 bits per heavy atom. The summed E-state index contributed by atoms with van der Waals surface area (Å²) in [5.41, 5.74) is -0.172. The summed E-state index contributed by atoms with van der Waals surface area (Å²) in [6.45, 7) is 3.76. The fraction of sp³-hybridized carbons (Fsp3) is 0.500. The molecule has 1 aromatic heterocycles. The summed E-state index contributed by atoms with van der Waals surface area (Å²) in [7, 11) is 0. The van der Waals surface area contributed by atoms with E-state index in [0.717, 1.165) is 0 Å². The number of thioether (sulfide) groups is 1. The molecule has 0 radical (unpaired) electrons. The molecule has 100 valence electrons. The molecule has 5 nitrogen and oxygen atoms in total. The van der Waals surface area contributed by atoms with Gasteiger partial charge in [0, 0.05) is 12.3 Å². The predicted molar refractivity (Wildman–Crippen MR) is 73.4 cm³/mol. The topological polar surface area (TPSA) is 82.5 Å². The Morgan fingerprint density at radius 1 is 1.56 bits per heavy atom. The predicted octanol–water partition coefficient (Wildman–Crippen LogP) is 1.61. The summed E-state index contributed by atoms with van der Waals surface area (Å²) in [6.07, 6.45) is 1.93. The molecule has 0 fully saturated rings. The zero-order chi connectivity index (χ0) is 13.8. The first kappa shape index (κ1) is 14.8. The number of aromatic nitrogens is 1. The van der Waals surface area contributed by atoms with E-state index in [1.165, 1.54) is 6.07 Å². The molecule has 0 aromatic carbocycles. The van der Waals surface area contributed by atoms with Gasteiger partial charge in [0.05, 0.1) is 16.9 Å².